The maximum Gasteiger partial charge on any atom is 0.0354 e. The van der Waals surface area contributed by atoms with Crippen LogP contribution in [0.4, 0.5) is 0 Å². The highest BCUT2D eigenvalue weighted by Gasteiger charge is 2.30. The summed E-state index contributed by atoms with van der Waals surface area (Å²) in [4.78, 5) is 2.73. The molecule has 0 saturated carbocycles. The molecular formula is C21H25N. The van der Waals surface area contributed by atoms with Gasteiger partial charge in [-0.25, -0.2) is 0 Å². The summed E-state index contributed by atoms with van der Waals surface area (Å²) in [6.07, 6.45) is 5.19. The van der Waals surface area contributed by atoms with Crippen LogP contribution >= 0.6 is 0 Å². The summed E-state index contributed by atoms with van der Waals surface area (Å²) in [6.45, 7) is 4.70. The van der Waals surface area contributed by atoms with Crippen molar-refractivity contribution in [1.82, 2.24) is 4.90 Å². The highest BCUT2D eigenvalue weighted by molar-refractivity contribution is 5.34. The summed E-state index contributed by atoms with van der Waals surface area (Å²) in [6, 6.07) is 18.8. The average molecular weight is 291 g/mol. The van der Waals surface area contributed by atoms with Crippen molar-refractivity contribution in [3.63, 3.8) is 0 Å². The van der Waals surface area contributed by atoms with Crippen LogP contribution in [0, 0.1) is 6.92 Å². The van der Waals surface area contributed by atoms with Crippen molar-refractivity contribution in [2.45, 2.75) is 44.6 Å². The summed E-state index contributed by atoms with van der Waals surface area (Å²) in [7, 11) is 0. The fourth-order valence-electron chi connectivity index (χ4n) is 4.38. The summed E-state index contributed by atoms with van der Waals surface area (Å²) in [5.74, 6) is 0.757. The van der Waals surface area contributed by atoms with E-state index in [1.807, 2.05) is 0 Å². The van der Waals surface area contributed by atoms with E-state index in [9.17, 15) is 0 Å². The predicted octanol–water partition coefficient (Wildman–Crippen LogP) is 4.86. The number of aryl methyl sites for hydroxylation is 2. The molecule has 1 saturated heterocycles. The third-order valence-electron chi connectivity index (χ3n) is 5.59. The molecule has 2 aromatic carbocycles. The van der Waals surface area contributed by atoms with Crippen molar-refractivity contribution in [2.24, 2.45) is 0 Å². The quantitative estimate of drug-likeness (QED) is 0.763. The molecule has 1 fully saturated rings. The first kappa shape index (κ1) is 14.0. The van der Waals surface area contributed by atoms with Gasteiger partial charge in [-0.05, 0) is 68.3 Å². The van der Waals surface area contributed by atoms with E-state index in [1.54, 1.807) is 16.7 Å². The largest absolute Gasteiger partial charge is 0.296 e. The molecule has 1 atom stereocenters. The molecule has 114 valence electrons. The highest BCUT2D eigenvalue weighted by Crippen LogP contribution is 2.39. The Kier molecular flexibility index (Phi) is 3.75. The van der Waals surface area contributed by atoms with Crippen LogP contribution in [0.5, 0.6) is 0 Å². The van der Waals surface area contributed by atoms with Gasteiger partial charge in [-0.2, -0.15) is 0 Å². The zero-order valence-electron chi connectivity index (χ0n) is 13.5. The first-order valence-corrected chi connectivity index (χ1v) is 8.70. The molecule has 0 aromatic heterocycles. The third kappa shape index (κ3) is 2.59. The number of fused-ring (bicyclic) bond motifs is 1. The topological polar surface area (TPSA) is 3.24 Å². The molecule has 1 heterocycles. The van der Waals surface area contributed by atoms with Crippen LogP contribution in [0.15, 0.2) is 48.5 Å². The summed E-state index contributed by atoms with van der Waals surface area (Å²) < 4.78 is 0. The lowest BCUT2D eigenvalue weighted by Gasteiger charge is -2.36. The van der Waals surface area contributed by atoms with Crippen LogP contribution in [0.25, 0.3) is 0 Å². The summed E-state index contributed by atoms with van der Waals surface area (Å²) >= 11 is 0. The van der Waals surface area contributed by atoms with E-state index in [4.69, 9.17) is 0 Å². The summed E-state index contributed by atoms with van der Waals surface area (Å²) in [5, 5.41) is 0. The van der Waals surface area contributed by atoms with Gasteiger partial charge in [0, 0.05) is 6.04 Å². The normalized spacial score (nSPS) is 22.7. The van der Waals surface area contributed by atoms with Gasteiger partial charge in [0.2, 0.25) is 0 Å². The van der Waals surface area contributed by atoms with Crippen LogP contribution in [-0.2, 0) is 6.42 Å². The molecular weight excluding hydrogens is 266 g/mol. The minimum absolute atomic E-state index is 0.676. The molecule has 0 N–H and O–H groups in total. The van der Waals surface area contributed by atoms with E-state index >= 15 is 0 Å². The fourth-order valence-corrected chi connectivity index (χ4v) is 4.38. The van der Waals surface area contributed by atoms with Gasteiger partial charge in [0.25, 0.3) is 0 Å². The SMILES string of the molecule is Cc1cccc(C2CCN([C@H]3CCc4ccccc43)CC2)c1. The number of likely N-dealkylation sites (tertiary alicyclic amines) is 1. The van der Waals surface area contributed by atoms with E-state index in [0.29, 0.717) is 6.04 Å². The van der Waals surface area contributed by atoms with E-state index < -0.39 is 0 Å². The Morgan fingerprint density at radius 3 is 2.55 bits per heavy atom. The highest BCUT2D eigenvalue weighted by atomic mass is 15.2. The van der Waals surface area contributed by atoms with Crippen molar-refractivity contribution < 1.29 is 0 Å². The predicted molar refractivity (Wildman–Crippen MR) is 92.2 cm³/mol. The Morgan fingerprint density at radius 1 is 0.909 bits per heavy atom. The summed E-state index contributed by atoms with van der Waals surface area (Å²) in [5.41, 5.74) is 6.11. The van der Waals surface area contributed by atoms with Crippen LogP contribution < -0.4 is 0 Å². The minimum Gasteiger partial charge on any atom is -0.296 e. The van der Waals surface area contributed by atoms with Crippen molar-refractivity contribution in [2.75, 3.05) is 13.1 Å². The number of hydrogen-bond donors (Lipinski definition) is 0. The molecule has 1 nitrogen and oxygen atoms in total. The molecule has 22 heavy (non-hydrogen) atoms. The van der Waals surface area contributed by atoms with E-state index in [-0.39, 0.29) is 0 Å². The zero-order chi connectivity index (χ0) is 14.9. The van der Waals surface area contributed by atoms with Crippen LogP contribution in [0.1, 0.15) is 53.5 Å². The van der Waals surface area contributed by atoms with Crippen molar-refractivity contribution in [3.05, 3.63) is 70.8 Å². The Morgan fingerprint density at radius 2 is 1.73 bits per heavy atom. The fraction of sp³-hybridized carbons (Fsp3) is 0.429. The Balaban J connectivity index is 1.45. The standard InChI is InChI=1S/C21H25N/c1-16-5-4-7-19(15-16)17-11-13-22(14-12-17)21-10-9-18-6-2-3-8-20(18)21/h2-8,15,17,21H,9-14H2,1H3/t21-/m0/s1. The van der Waals surface area contributed by atoms with Crippen molar-refractivity contribution >= 4 is 0 Å². The third-order valence-corrected chi connectivity index (χ3v) is 5.59. The molecule has 1 heteroatoms. The lowest BCUT2D eigenvalue weighted by molar-refractivity contribution is 0.152. The lowest BCUT2D eigenvalue weighted by atomic mass is 9.88. The van der Waals surface area contributed by atoms with Gasteiger partial charge in [-0.3, -0.25) is 4.90 Å². The smallest absolute Gasteiger partial charge is 0.0354 e. The molecule has 2 aromatic rings. The van der Waals surface area contributed by atoms with E-state index in [2.05, 4.69) is 60.4 Å². The van der Waals surface area contributed by atoms with Crippen LogP contribution in [0.2, 0.25) is 0 Å². The number of nitrogens with zero attached hydrogens (tertiary/aromatic N) is 1. The average Bonchev–Trinajstić information content (AvgIpc) is 2.99. The minimum atomic E-state index is 0.676. The second-order valence-electron chi connectivity index (χ2n) is 6.98. The van der Waals surface area contributed by atoms with Gasteiger partial charge in [-0.1, -0.05) is 54.1 Å². The van der Waals surface area contributed by atoms with E-state index in [1.165, 1.54) is 44.3 Å². The van der Waals surface area contributed by atoms with Gasteiger partial charge >= 0.3 is 0 Å². The molecule has 4 rings (SSSR count). The number of rotatable bonds is 2. The van der Waals surface area contributed by atoms with Gasteiger partial charge in [0.1, 0.15) is 0 Å². The molecule has 0 bridgehead atoms. The van der Waals surface area contributed by atoms with Gasteiger partial charge in [-0.15, -0.1) is 0 Å². The molecule has 2 aliphatic rings. The number of hydrogen-bond acceptors (Lipinski definition) is 1. The monoisotopic (exact) mass is 291 g/mol. The van der Waals surface area contributed by atoms with Crippen LogP contribution in [0.3, 0.4) is 0 Å². The number of benzene rings is 2. The van der Waals surface area contributed by atoms with Gasteiger partial charge in [0.05, 0.1) is 0 Å². The zero-order valence-corrected chi connectivity index (χ0v) is 13.5. The Labute approximate surface area is 134 Å². The Hall–Kier alpha value is -1.60. The second kappa shape index (κ2) is 5.89. The number of piperidine rings is 1. The first-order valence-electron chi connectivity index (χ1n) is 8.70. The maximum atomic E-state index is 2.73. The Bertz CT molecular complexity index is 652. The molecule has 0 spiro atoms. The first-order chi connectivity index (χ1) is 10.8. The van der Waals surface area contributed by atoms with Gasteiger partial charge in [0.15, 0.2) is 0 Å². The van der Waals surface area contributed by atoms with Crippen molar-refractivity contribution in [1.29, 1.82) is 0 Å². The van der Waals surface area contributed by atoms with E-state index in [0.717, 1.165) is 5.92 Å². The maximum absolute atomic E-state index is 2.73. The van der Waals surface area contributed by atoms with Crippen molar-refractivity contribution in [3.8, 4) is 0 Å². The molecule has 1 aliphatic carbocycles. The van der Waals surface area contributed by atoms with Crippen LogP contribution in [-0.4, -0.2) is 18.0 Å². The molecule has 0 radical (unpaired) electrons. The van der Waals surface area contributed by atoms with Gasteiger partial charge < -0.3 is 0 Å². The second-order valence-corrected chi connectivity index (χ2v) is 6.98. The lowest BCUT2D eigenvalue weighted by Crippen LogP contribution is -2.35. The molecule has 1 aliphatic heterocycles. The molecule has 0 unspecified atom stereocenters. The molecule has 0 amide bonds.